The van der Waals surface area contributed by atoms with E-state index in [9.17, 15) is 13.2 Å². The van der Waals surface area contributed by atoms with E-state index >= 15 is 0 Å². The number of hydrogen-bond donors (Lipinski definition) is 0. The number of methoxy groups -OCH3 is 1. The molecule has 0 aliphatic heterocycles. The van der Waals surface area contributed by atoms with E-state index in [2.05, 4.69) is 0 Å². The Morgan fingerprint density at radius 2 is 1.53 bits per heavy atom. The third-order valence-electron chi connectivity index (χ3n) is 4.80. The average molecular weight is 456 g/mol. The maximum atomic E-state index is 13.0. The van der Waals surface area contributed by atoms with E-state index in [0.717, 1.165) is 9.87 Å². The van der Waals surface area contributed by atoms with Crippen LogP contribution in [0.3, 0.4) is 0 Å². The first-order chi connectivity index (χ1) is 15.4. The van der Waals surface area contributed by atoms with Gasteiger partial charge in [0.05, 0.1) is 29.9 Å². The lowest BCUT2D eigenvalue weighted by Crippen LogP contribution is -2.27. The molecule has 8 heteroatoms. The van der Waals surface area contributed by atoms with Crippen LogP contribution in [0.5, 0.6) is 11.5 Å². The van der Waals surface area contributed by atoms with Gasteiger partial charge in [-0.2, -0.15) is 0 Å². The van der Waals surface area contributed by atoms with Crippen molar-refractivity contribution in [2.75, 3.05) is 25.1 Å². The Labute approximate surface area is 188 Å². The highest BCUT2D eigenvalue weighted by atomic mass is 32.2. The van der Waals surface area contributed by atoms with E-state index in [-0.39, 0.29) is 17.1 Å². The zero-order valence-electron chi connectivity index (χ0n) is 18.1. The summed E-state index contributed by atoms with van der Waals surface area (Å²) in [6.45, 7) is 2.43. The van der Waals surface area contributed by atoms with E-state index in [1.807, 2.05) is 31.2 Å². The summed E-state index contributed by atoms with van der Waals surface area (Å²) in [6.07, 6.45) is 0. The zero-order chi connectivity index (χ0) is 23.1. The van der Waals surface area contributed by atoms with Gasteiger partial charge in [-0.25, -0.2) is 13.2 Å². The number of esters is 1. The molecule has 0 saturated carbocycles. The second-order valence-electron chi connectivity index (χ2n) is 6.79. The van der Waals surface area contributed by atoms with Crippen LogP contribution < -0.4 is 13.8 Å². The second kappa shape index (κ2) is 10.2. The molecular weight excluding hydrogens is 430 g/mol. The van der Waals surface area contributed by atoms with Crippen molar-refractivity contribution in [2.24, 2.45) is 0 Å². The number of carbonyl (C=O) groups is 1. The predicted octanol–water partition coefficient (Wildman–Crippen LogP) is 4.28. The summed E-state index contributed by atoms with van der Waals surface area (Å²) in [5.41, 5.74) is 1.41. The standard InChI is InChI=1S/C24H25NO6S/c1-4-30-22-11-7-5-9-19(22)17-31-24(26)18-13-15-20(16-14-18)32(27,28)25(2)21-10-6-8-12-23(21)29-3/h5-16H,4,17H2,1-3H3. The monoisotopic (exact) mass is 455 g/mol. The Morgan fingerprint density at radius 3 is 2.19 bits per heavy atom. The Kier molecular flexibility index (Phi) is 7.37. The fraction of sp³-hybridized carbons (Fsp3) is 0.208. The topological polar surface area (TPSA) is 82.1 Å². The highest BCUT2D eigenvalue weighted by Gasteiger charge is 2.24. The van der Waals surface area contributed by atoms with Crippen LogP contribution in [0.15, 0.2) is 77.7 Å². The molecule has 0 spiro atoms. The molecule has 0 aromatic heterocycles. The number of rotatable bonds is 9. The van der Waals surface area contributed by atoms with E-state index < -0.39 is 16.0 Å². The third kappa shape index (κ3) is 5.03. The van der Waals surface area contributed by atoms with Crippen LogP contribution in [-0.4, -0.2) is 35.2 Å². The summed E-state index contributed by atoms with van der Waals surface area (Å²) >= 11 is 0. The molecule has 0 saturated heterocycles. The van der Waals surface area contributed by atoms with E-state index in [0.29, 0.717) is 23.8 Å². The maximum Gasteiger partial charge on any atom is 0.338 e. The van der Waals surface area contributed by atoms with E-state index in [4.69, 9.17) is 14.2 Å². The van der Waals surface area contributed by atoms with Crippen LogP contribution in [0.25, 0.3) is 0 Å². The Bertz CT molecular complexity index is 1180. The van der Waals surface area contributed by atoms with Crippen molar-refractivity contribution in [1.82, 2.24) is 0 Å². The first kappa shape index (κ1) is 23.1. The number of carbonyl (C=O) groups excluding carboxylic acids is 1. The van der Waals surface area contributed by atoms with Gasteiger partial charge in [-0.1, -0.05) is 30.3 Å². The average Bonchev–Trinajstić information content (AvgIpc) is 2.83. The molecule has 0 radical (unpaired) electrons. The SMILES string of the molecule is CCOc1ccccc1COC(=O)c1ccc(S(=O)(=O)N(C)c2ccccc2OC)cc1. The molecule has 0 N–H and O–H groups in total. The van der Waals surface area contributed by atoms with E-state index in [1.54, 1.807) is 24.3 Å². The molecule has 0 atom stereocenters. The summed E-state index contributed by atoms with van der Waals surface area (Å²) in [5.74, 6) is 0.535. The fourth-order valence-electron chi connectivity index (χ4n) is 3.09. The van der Waals surface area contributed by atoms with Crippen LogP contribution in [-0.2, 0) is 21.4 Å². The van der Waals surface area contributed by atoms with E-state index in [1.165, 1.54) is 38.4 Å². The molecule has 0 unspecified atom stereocenters. The smallest absolute Gasteiger partial charge is 0.338 e. The highest BCUT2D eigenvalue weighted by molar-refractivity contribution is 7.92. The summed E-state index contributed by atoms with van der Waals surface area (Å²) in [6, 6.07) is 19.8. The number of anilines is 1. The number of para-hydroxylation sites is 3. The molecule has 0 fully saturated rings. The summed E-state index contributed by atoms with van der Waals surface area (Å²) in [4.78, 5) is 12.5. The van der Waals surface area contributed by atoms with Crippen molar-refractivity contribution in [3.8, 4) is 11.5 Å². The van der Waals surface area contributed by atoms with Gasteiger partial charge in [0.2, 0.25) is 0 Å². The first-order valence-corrected chi connectivity index (χ1v) is 11.4. The molecule has 0 bridgehead atoms. The Balaban J connectivity index is 1.73. The lowest BCUT2D eigenvalue weighted by molar-refractivity contribution is 0.0469. The second-order valence-corrected chi connectivity index (χ2v) is 8.75. The van der Waals surface area contributed by atoms with Gasteiger partial charge in [0.25, 0.3) is 10.0 Å². The van der Waals surface area contributed by atoms with Crippen molar-refractivity contribution in [2.45, 2.75) is 18.4 Å². The van der Waals surface area contributed by atoms with Crippen molar-refractivity contribution < 1.29 is 27.4 Å². The van der Waals surface area contributed by atoms with Crippen molar-refractivity contribution in [3.05, 3.63) is 83.9 Å². The van der Waals surface area contributed by atoms with Gasteiger partial charge in [-0.05, 0) is 49.4 Å². The normalized spacial score (nSPS) is 11.0. The number of nitrogens with zero attached hydrogens (tertiary/aromatic N) is 1. The number of hydrogen-bond acceptors (Lipinski definition) is 6. The van der Waals surface area contributed by atoms with Crippen LogP contribution in [0.4, 0.5) is 5.69 Å². The molecule has 32 heavy (non-hydrogen) atoms. The van der Waals surface area contributed by atoms with Gasteiger partial charge >= 0.3 is 5.97 Å². The number of ether oxygens (including phenoxy) is 3. The van der Waals surface area contributed by atoms with Crippen molar-refractivity contribution in [3.63, 3.8) is 0 Å². The van der Waals surface area contributed by atoms with Crippen LogP contribution in [0, 0.1) is 0 Å². The van der Waals surface area contributed by atoms with Crippen molar-refractivity contribution in [1.29, 1.82) is 0 Å². The first-order valence-electron chi connectivity index (χ1n) is 9.98. The molecule has 0 heterocycles. The molecular formula is C24H25NO6S. The quantitative estimate of drug-likeness (QED) is 0.448. The maximum absolute atomic E-state index is 13.0. The molecule has 168 valence electrons. The Morgan fingerprint density at radius 1 is 0.906 bits per heavy atom. The van der Waals surface area contributed by atoms with Gasteiger partial charge in [0.1, 0.15) is 18.1 Å². The van der Waals surface area contributed by atoms with Crippen LogP contribution in [0.1, 0.15) is 22.8 Å². The van der Waals surface area contributed by atoms with Gasteiger partial charge in [0, 0.05) is 12.6 Å². The fourth-order valence-corrected chi connectivity index (χ4v) is 4.29. The zero-order valence-corrected chi connectivity index (χ0v) is 19.0. The summed E-state index contributed by atoms with van der Waals surface area (Å²) in [5, 5.41) is 0. The lowest BCUT2D eigenvalue weighted by Gasteiger charge is -2.21. The third-order valence-corrected chi connectivity index (χ3v) is 6.59. The number of sulfonamides is 1. The molecule has 0 aliphatic rings. The highest BCUT2D eigenvalue weighted by Crippen LogP contribution is 2.31. The largest absolute Gasteiger partial charge is 0.495 e. The molecule has 0 aliphatic carbocycles. The van der Waals surface area contributed by atoms with Crippen molar-refractivity contribution >= 4 is 21.7 Å². The van der Waals surface area contributed by atoms with Gasteiger partial charge in [0.15, 0.2) is 0 Å². The molecule has 3 rings (SSSR count). The summed E-state index contributed by atoms with van der Waals surface area (Å²) < 4.78 is 43.4. The molecule has 7 nitrogen and oxygen atoms in total. The van der Waals surface area contributed by atoms with Gasteiger partial charge < -0.3 is 14.2 Å². The molecule has 3 aromatic rings. The minimum atomic E-state index is -3.85. The van der Waals surface area contributed by atoms with Crippen LogP contribution >= 0.6 is 0 Å². The summed E-state index contributed by atoms with van der Waals surface area (Å²) in [7, 11) is -0.921. The minimum absolute atomic E-state index is 0.0455. The lowest BCUT2D eigenvalue weighted by atomic mass is 10.2. The van der Waals surface area contributed by atoms with Gasteiger partial charge in [-0.3, -0.25) is 4.31 Å². The Hall–Kier alpha value is -3.52. The van der Waals surface area contributed by atoms with Crippen LogP contribution in [0.2, 0.25) is 0 Å². The predicted molar refractivity (Wildman–Crippen MR) is 122 cm³/mol. The molecule has 3 aromatic carbocycles. The molecule has 0 amide bonds. The minimum Gasteiger partial charge on any atom is -0.495 e. The number of benzene rings is 3. The van der Waals surface area contributed by atoms with Gasteiger partial charge in [-0.15, -0.1) is 0 Å².